The van der Waals surface area contributed by atoms with Gasteiger partial charge in [-0.05, 0) is 42.7 Å². The number of benzene rings is 2. The number of rotatable bonds is 5. The van der Waals surface area contributed by atoms with Gasteiger partial charge in [0.05, 0.1) is 19.6 Å². The third-order valence-corrected chi connectivity index (χ3v) is 3.61. The third kappa shape index (κ3) is 4.09. The minimum Gasteiger partial charge on any atom is -0.497 e. The van der Waals surface area contributed by atoms with Crippen LogP contribution in [0, 0.1) is 6.92 Å². The second-order valence-corrected chi connectivity index (χ2v) is 5.17. The Morgan fingerprint density at radius 3 is 2.43 bits per heavy atom. The van der Waals surface area contributed by atoms with Crippen molar-refractivity contribution in [3.63, 3.8) is 0 Å². The van der Waals surface area contributed by atoms with Crippen LogP contribution in [0.25, 0.3) is 0 Å². The molecule has 0 fully saturated rings. The molecular formula is C18H21NO2. The van der Waals surface area contributed by atoms with Gasteiger partial charge in [0.1, 0.15) is 5.75 Å². The molecule has 0 aliphatic carbocycles. The Labute approximate surface area is 126 Å². The van der Waals surface area contributed by atoms with E-state index in [4.69, 9.17) is 4.74 Å². The van der Waals surface area contributed by atoms with E-state index in [1.54, 1.807) is 7.11 Å². The van der Waals surface area contributed by atoms with E-state index in [1.165, 1.54) is 0 Å². The smallest absolute Gasteiger partial charge is 0.224 e. The van der Waals surface area contributed by atoms with E-state index < -0.39 is 0 Å². The molecule has 21 heavy (non-hydrogen) atoms. The quantitative estimate of drug-likeness (QED) is 0.913. The Hall–Kier alpha value is -2.29. The normalized spacial score (nSPS) is 11.8. The summed E-state index contributed by atoms with van der Waals surface area (Å²) < 4.78 is 5.13. The Balaban J connectivity index is 1.97. The Bertz CT molecular complexity index is 605. The molecule has 1 atom stereocenters. The van der Waals surface area contributed by atoms with Crippen molar-refractivity contribution in [2.24, 2.45) is 0 Å². The molecule has 0 heterocycles. The lowest BCUT2D eigenvalue weighted by molar-refractivity contribution is -0.121. The molecule has 2 aromatic rings. The number of carbonyl (C=O) groups excluding carboxylic acids is 1. The highest BCUT2D eigenvalue weighted by Gasteiger charge is 2.11. The van der Waals surface area contributed by atoms with Crippen molar-refractivity contribution < 1.29 is 9.53 Å². The number of amides is 1. The minimum absolute atomic E-state index is 0.0209. The van der Waals surface area contributed by atoms with E-state index in [0.717, 1.165) is 22.4 Å². The number of carbonyl (C=O) groups is 1. The van der Waals surface area contributed by atoms with Crippen LogP contribution in [-0.2, 0) is 11.2 Å². The van der Waals surface area contributed by atoms with Gasteiger partial charge in [0.25, 0.3) is 0 Å². The summed E-state index contributed by atoms with van der Waals surface area (Å²) in [5.41, 5.74) is 3.27. The molecule has 0 saturated heterocycles. The predicted octanol–water partition coefficient (Wildman–Crippen LogP) is 3.42. The van der Waals surface area contributed by atoms with Crippen LogP contribution in [0.2, 0.25) is 0 Å². The lowest BCUT2D eigenvalue weighted by atomic mass is 10.0. The molecule has 3 heteroatoms. The Morgan fingerprint density at radius 1 is 1.14 bits per heavy atom. The van der Waals surface area contributed by atoms with Gasteiger partial charge in [-0.15, -0.1) is 0 Å². The van der Waals surface area contributed by atoms with Crippen molar-refractivity contribution in [3.8, 4) is 5.75 Å². The van der Waals surface area contributed by atoms with E-state index >= 15 is 0 Å². The number of methoxy groups -OCH3 is 1. The number of ether oxygens (including phenoxy) is 1. The van der Waals surface area contributed by atoms with Gasteiger partial charge in [0, 0.05) is 0 Å². The summed E-state index contributed by atoms with van der Waals surface area (Å²) in [6.07, 6.45) is 0.410. The fraction of sp³-hybridized carbons (Fsp3) is 0.278. The van der Waals surface area contributed by atoms with Gasteiger partial charge in [-0.25, -0.2) is 0 Å². The molecule has 0 aliphatic rings. The lowest BCUT2D eigenvalue weighted by Gasteiger charge is -2.15. The van der Waals surface area contributed by atoms with Crippen molar-refractivity contribution in [1.82, 2.24) is 5.32 Å². The van der Waals surface area contributed by atoms with Crippen molar-refractivity contribution >= 4 is 5.91 Å². The van der Waals surface area contributed by atoms with Crippen LogP contribution in [0.4, 0.5) is 0 Å². The van der Waals surface area contributed by atoms with Gasteiger partial charge in [0.15, 0.2) is 0 Å². The topological polar surface area (TPSA) is 38.3 Å². The molecule has 1 N–H and O–H groups in total. The van der Waals surface area contributed by atoms with Crippen LogP contribution in [0.1, 0.15) is 29.7 Å². The number of hydrogen-bond donors (Lipinski definition) is 1. The Kier molecular flexibility index (Phi) is 4.99. The van der Waals surface area contributed by atoms with Gasteiger partial charge in [-0.1, -0.05) is 36.4 Å². The van der Waals surface area contributed by atoms with Gasteiger partial charge in [0.2, 0.25) is 5.91 Å². The molecule has 1 unspecified atom stereocenters. The maximum atomic E-state index is 12.1. The summed E-state index contributed by atoms with van der Waals surface area (Å²) in [7, 11) is 1.64. The highest BCUT2D eigenvalue weighted by atomic mass is 16.5. The second kappa shape index (κ2) is 6.93. The van der Waals surface area contributed by atoms with Crippen LogP contribution >= 0.6 is 0 Å². The first-order valence-electron chi connectivity index (χ1n) is 7.08. The molecule has 0 saturated carbocycles. The van der Waals surface area contributed by atoms with Crippen LogP contribution in [0.3, 0.4) is 0 Å². The zero-order chi connectivity index (χ0) is 15.2. The summed E-state index contributed by atoms with van der Waals surface area (Å²) in [5, 5.41) is 3.03. The number of aryl methyl sites for hydroxylation is 1. The summed E-state index contributed by atoms with van der Waals surface area (Å²) in [4.78, 5) is 12.1. The van der Waals surface area contributed by atoms with E-state index in [9.17, 15) is 4.79 Å². The number of hydrogen-bond acceptors (Lipinski definition) is 2. The van der Waals surface area contributed by atoms with E-state index in [1.807, 2.05) is 62.4 Å². The molecule has 0 radical (unpaired) electrons. The molecular weight excluding hydrogens is 262 g/mol. The first-order chi connectivity index (χ1) is 10.1. The monoisotopic (exact) mass is 283 g/mol. The SMILES string of the molecule is COc1ccc(C(C)NC(=O)Cc2ccccc2C)cc1. The van der Waals surface area contributed by atoms with Crippen molar-refractivity contribution in [1.29, 1.82) is 0 Å². The fourth-order valence-corrected chi connectivity index (χ4v) is 2.25. The van der Waals surface area contributed by atoms with E-state index in [0.29, 0.717) is 6.42 Å². The average molecular weight is 283 g/mol. The van der Waals surface area contributed by atoms with Crippen LogP contribution in [0.5, 0.6) is 5.75 Å². The molecule has 3 nitrogen and oxygen atoms in total. The van der Waals surface area contributed by atoms with E-state index in [2.05, 4.69) is 5.32 Å². The van der Waals surface area contributed by atoms with E-state index in [-0.39, 0.29) is 11.9 Å². The van der Waals surface area contributed by atoms with Gasteiger partial charge < -0.3 is 10.1 Å². The zero-order valence-electron chi connectivity index (χ0n) is 12.7. The third-order valence-electron chi connectivity index (χ3n) is 3.61. The van der Waals surface area contributed by atoms with Crippen LogP contribution < -0.4 is 10.1 Å². The summed E-state index contributed by atoms with van der Waals surface area (Å²) in [6.45, 7) is 4.01. The fourth-order valence-electron chi connectivity index (χ4n) is 2.25. The van der Waals surface area contributed by atoms with Crippen molar-refractivity contribution in [2.45, 2.75) is 26.3 Å². The maximum absolute atomic E-state index is 12.1. The Morgan fingerprint density at radius 2 is 1.81 bits per heavy atom. The highest BCUT2D eigenvalue weighted by Crippen LogP contribution is 2.17. The molecule has 1 amide bonds. The molecule has 2 rings (SSSR count). The average Bonchev–Trinajstić information content (AvgIpc) is 2.49. The number of nitrogens with one attached hydrogen (secondary N) is 1. The van der Waals surface area contributed by atoms with Crippen molar-refractivity contribution in [3.05, 3.63) is 65.2 Å². The van der Waals surface area contributed by atoms with Gasteiger partial charge >= 0.3 is 0 Å². The molecule has 110 valence electrons. The zero-order valence-corrected chi connectivity index (χ0v) is 12.7. The predicted molar refractivity (Wildman–Crippen MR) is 84.4 cm³/mol. The molecule has 0 aliphatic heterocycles. The summed E-state index contributed by atoms with van der Waals surface area (Å²) in [5.74, 6) is 0.852. The van der Waals surface area contributed by atoms with Crippen LogP contribution in [0.15, 0.2) is 48.5 Å². The largest absolute Gasteiger partial charge is 0.497 e. The standard InChI is InChI=1S/C18H21NO2/c1-13-6-4-5-7-16(13)12-18(20)19-14(2)15-8-10-17(21-3)11-9-15/h4-11,14H,12H2,1-3H3,(H,19,20). The first kappa shape index (κ1) is 15.1. The summed E-state index contributed by atoms with van der Waals surface area (Å²) >= 11 is 0. The van der Waals surface area contributed by atoms with Crippen molar-refractivity contribution in [2.75, 3.05) is 7.11 Å². The van der Waals surface area contributed by atoms with Gasteiger partial charge in [-0.2, -0.15) is 0 Å². The van der Waals surface area contributed by atoms with Crippen LogP contribution in [-0.4, -0.2) is 13.0 Å². The van der Waals surface area contributed by atoms with Gasteiger partial charge in [-0.3, -0.25) is 4.79 Å². The molecule has 2 aromatic carbocycles. The molecule has 0 aromatic heterocycles. The lowest BCUT2D eigenvalue weighted by Crippen LogP contribution is -2.28. The summed E-state index contributed by atoms with van der Waals surface area (Å²) in [6, 6.07) is 15.7. The molecule has 0 spiro atoms. The first-order valence-corrected chi connectivity index (χ1v) is 7.08. The minimum atomic E-state index is -0.0209. The highest BCUT2D eigenvalue weighted by molar-refractivity contribution is 5.79. The molecule has 0 bridgehead atoms. The maximum Gasteiger partial charge on any atom is 0.224 e. The second-order valence-electron chi connectivity index (χ2n) is 5.17.